The molecule has 0 bridgehead atoms. The second-order valence-corrected chi connectivity index (χ2v) is 8.06. The van der Waals surface area contributed by atoms with Gasteiger partial charge in [-0.3, -0.25) is 4.79 Å². The summed E-state index contributed by atoms with van der Waals surface area (Å²) in [5.41, 5.74) is 7.42. The third-order valence-electron chi connectivity index (χ3n) is 5.43. The van der Waals surface area contributed by atoms with Crippen LogP contribution in [0.2, 0.25) is 0 Å². The lowest BCUT2D eigenvalue weighted by Crippen LogP contribution is -2.24. The van der Waals surface area contributed by atoms with Gasteiger partial charge in [0, 0.05) is 17.6 Å². The van der Waals surface area contributed by atoms with Gasteiger partial charge in [-0.05, 0) is 37.5 Å². The topological polar surface area (TPSA) is 66.5 Å². The molecule has 0 atom stereocenters. The first-order chi connectivity index (χ1) is 14.6. The predicted octanol–water partition coefficient (Wildman–Crippen LogP) is 6.30. The Balaban J connectivity index is 2.40. The Kier molecular flexibility index (Phi) is 10.6. The fourth-order valence-corrected chi connectivity index (χ4v) is 3.63. The van der Waals surface area contributed by atoms with Crippen LogP contribution in [0.15, 0.2) is 23.0 Å². The number of hydrogen-bond donors (Lipinski definition) is 1. The molecule has 168 valence electrons. The minimum Gasteiger partial charge on any atom is -0.489 e. The van der Waals surface area contributed by atoms with Crippen LogP contribution in [0.25, 0.3) is 10.9 Å². The van der Waals surface area contributed by atoms with Gasteiger partial charge < -0.3 is 19.8 Å². The van der Waals surface area contributed by atoms with E-state index in [0.717, 1.165) is 49.4 Å². The number of nitrogen functional groups attached to an aromatic ring is 1. The van der Waals surface area contributed by atoms with Crippen molar-refractivity contribution >= 4 is 16.6 Å². The van der Waals surface area contributed by atoms with Crippen LogP contribution in [0, 0.1) is 0 Å². The second kappa shape index (κ2) is 13.2. The minimum atomic E-state index is -0.111. The fraction of sp³-hybridized carbons (Fsp3) is 0.640. The van der Waals surface area contributed by atoms with E-state index in [1.807, 2.05) is 18.2 Å². The smallest absolute Gasteiger partial charge is 0.297 e. The molecule has 0 saturated carbocycles. The summed E-state index contributed by atoms with van der Waals surface area (Å²) in [6, 6.07) is 5.70. The molecule has 0 aliphatic rings. The van der Waals surface area contributed by atoms with Crippen molar-refractivity contribution in [2.75, 3.05) is 18.9 Å². The molecule has 1 aromatic carbocycles. The number of aryl methyl sites for hydroxylation is 1. The molecule has 1 heterocycles. The van der Waals surface area contributed by atoms with E-state index in [0.29, 0.717) is 36.9 Å². The van der Waals surface area contributed by atoms with Crippen molar-refractivity contribution in [3.8, 4) is 11.5 Å². The summed E-state index contributed by atoms with van der Waals surface area (Å²) >= 11 is 0. The molecular formula is C25H40N2O3. The minimum absolute atomic E-state index is 0.111. The number of fused-ring (bicyclic) bond motifs is 1. The van der Waals surface area contributed by atoms with Gasteiger partial charge in [0.2, 0.25) is 5.75 Å². The zero-order valence-corrected chi connectivity index (χ0v) is 19.2. The summed E-state index contributed by atoms with van der Waals surface area (Å²) < 4.78 is 14.0. The van der Waals surface area contributed by atoms with E-state index in [1.165, 1.54) is 25.7 Å². The van der Waals surface area contributed by atoms with Gasteiger partial charge in [0.05, 0.1) is 18.7 Å². The van der Waals surface area contributed by atoms with Gasteiger partial charge in [-0.25, -0.2) is 0 Å². The monoisotopic (exact) mass is 416 g/mol. The van der Waals surface area contributed by atoms with Crippen LogP contribution in [0.4, 0.5) is 5.69 Å². The third-order valence-corrected chi connectivity index (χ3v) is 5.43. The molecule has 5 heteroatoms. The number of pyridine rings is 1. The maximum atomic E-state index is 13.4. The summed E-state index contributed by atoms with van der Waals surface area (Å²) in [5, 5.41) is 0.902. The highest BCUT2D eigenvalue weighted by Crippen LogP contribution is 2.34. The highest BCUT2D eigenvalue weighted by molar-refractivity contribution is 5.90. The van der Waals surface area contributed by atoms with E-state index < -0.39 is 0 Å². The highest BCUT2D eigenvalue weighted by Gasteiger charge is 2.20. The molecule has 0 fully saturated rings. The first kappa shape index (κ1) is 24.1. The van der Waals surface area contributed by atoms with Gasteiger partial charge in [0.15, 0.2) is 5.75 Å². The van der Waals surface area contributed by atoms with Crippen molar-refractivity contribution in [1.82, 2.24) is 4.57 Å². The van der Waals surface area contributed by atoms with Gasteiger partial charge in [-0.1, -0.05) is 65.7 Å². The van der Waals surface area contributed by atoms with Crippen molar-refractivity contribution < 1.29 is 9.47 Å². The molecule has 30 heavy (non-hydrogen) atoms. The Hall–Kier alpha value is -2.17. The fourth-order valence-electron chi connectivity index (χ4n) is 3.63. The number of aromatic nitrogens is 1. The van der Waals surface area contributed by atoms with Crippen molar-refractivity contribution in [3.63, 3.8) is 0 Å². The maximum Gasteiger partial charge on any atom is 0.297 e. The number of unbranched alkanes of at least 4 members (excludes halogenated alkanes) is 7. The summed E-state index contributed by atoms with van der Waals surface area (Å²) in [7, 11) is 0. The van der Waals surface area contributed by atoms with E-state index >= 15 is 0 Å². The molecule has 1 aromatic heterocycles. The Labute approximate surface area is 181 Å². The molecule has 2 aromatic rings. The molecular weight excluding hydrogens is 376 g/mol. The second-order valence-electron chi connectivity index (χ2n) is 8.06. The van der Waals surface area contributed by atoms with E-state index in [1.54, 1.807) is 4.57 Å². The average molecular weight is 417 g/mol. The zero-order chi connectivity index (χ0) is 21.8. The first-order valence-corrected chi connectivity index (χ1v) is 11.9. The summed E-state index contributed by atoms with van der Waals surface area (Å²) in [6.07, 6.45) is 10.8. The van der Waals surface area contributed by atoms with Crippen LogP contribution in [0.3, 0.4) is 0 Å². The lowest BCUT2D eigenvalue weighted by atomic mass is 10.1. The number of nitrogens with two attached hydrogens (primary N) is 1. The molecule has 0 unspecified atom stereocenters. The number of rotatable bonds is 15. The molecule has 2 N–H and O–H groups in total. The lowest BCUT2D eigenvalue weighted by Gasteiger charge is -2.19. The number of ether oxygens (including phenoxy) is 2. The van der Waals surface area contributed by atoms with E-state index in [2.05, 4.69) is 20.8 Å². The quantitative estimate of drug-likeness (QED) is 0.273. The maximum absolute atomic E-state index is 13.4. The first-order valence-electron chi connectivity index (χ1n) is 11.9. The van der Waals surface area contributed by atoms with Crippen LogP contribution in [-0.4, -0.2) is 17.8 Å². The van der Waals surface area contributed by atoms with Crippen LogP contribution in [0.5, 0.6) is 11.5 Å². The lowest BCUT2D eigenvalue weighted by molar-refractivity contribution is 0.256. The Bertz CT molecular complexity index is 829. The molecule has 2 rings (SSSR count). The molecule has 0 aliphatic heterocycles. The third kappa shape index (κ3) is 6.68. The van der Waals surface area contributed by atoms with Gasteiger partial charge in [-0.15, -0.1) is 0 Å². The largest absolute Gasteiger partial charge is 0.489 e. The molecule has 0 saturated heterocycles. The number of benzene rings is 1. The standard InChI is InChI=1S/C25H40N2O3/c1-4-7-10-12-17-29-23-21-15-14-20(26)19-22(21)27(16-9-6-3)25(28)24(23)30-18-13-11-8-5-2/h14-15,19H,4-13,16-18,26H2,1-3H3. The van der Waals surface area contributed by atoms with Crippen molar-refractivity contribution in [3.05, 3.63) is 28.6 Å². The van der Waals surface area contributed by atoms with Crippen molar-refractivity contribution in [2.45, 2.75) is 91.5 Å². The van der Waals surface area contributed by atoms with E-state index in [-0.39, 0.29) is 5.56 Å². The normalized spacial score (nSPS) is 11.2. The summed E-state index contributed by atoms with van der Waals surface area (Å²) in [6.45, 7) is 8.28. The average Bonchev–Trinajstić information content (AvgIpc) is 2.74. The predicted molar refractivity (Wildman–Crippen MR) is 127 cm³/mol. The van der Waals surface area contributed by atoms with Crippen molar-refractivity contribution in [2.24, 2.45) is 0 Å². The van der Waals surface area contributed by atoms with Crippen LogP contribution in [0.1, 0.15) is 85.0 Å². The Morgan fingerprint density at radius 1 is 0.800 bits per heavy atom. The summed E-state index contributed by atoms with van der Waals surface area (Å²) in [4.78, 5) is 13.4. The number of anilines is 1. The number of nitrogens with zero attached hydrogens (tertiary/aromatic N) is 1. The Morgan fingerprint density at radius 2 is 1.40 bits per heavy atom. The Morgan fingerprint density at radius 3 is 2.00 bits per heavy atom. The van der Waals surface area contributed by atoms with Crippen LogP contribution >= 0.6 is 0 Å². The molecule has 0 spiro atoms. The molecule has 0 aliphatic carbocycles. The molecule has 5 nitrogen and oxygen atoms in total. The van der Waals surface area contributed by atoms with Gasteiger partial charge in [-0.2, -0.15) is 0 Å². The molecule has 0 amide bonds. The van der Waals surface area contributed by atoms with Crippen LogP contribution in [-0.2, 0) is 6.54 Å². The SMILES string of the molecule is CCCCCCOc1c(OCCCCCC)c2ccc(N)cc2n(CCCC)c1=O. The van der Waals surface area contributed by atoms with Gasteiger partial charge >= 0.3 is 0 Å². The highest BCUT2D eigenvalue weighted by atomic mass is 16.5. The van der Waals surface area contributed by atoms with Gasteiger partial charge in [0.1, 0.15) is 0 Å². The number of hydrogen-bond acceptors (Lipinski definition) is 4. The zero-order valence-electron chi connectivity index (χ0n) is 19.2. The van der Waals surface area contributed by atoms with Crippen LogP contribution < -0.4 is 20.8 Å². The van der Waals surface area contributed by atoms with Crippen molar-refractivity contribution in [1.29, 1.82) is 0 Å². The van der Waals surface area contributed by atoms with Gasteiger partial charge in [0.25, 0.3) is 5.56 Å². The van der Waals surface area contributed by atoms with E-state index in [4.69, 9.17) is 15.2 Å². The van der Waals surface area contributed by atoms with E-state index in [9.17, 15) is 4.79 Å². The molecule has 0 radical (unpaired) electrons. The summed E-state index contributed by atoms with van der Waals surface area (Å²) in [5.74, 6) is 0.935.